The third kappa shape index (κ3) is 3.97. The fourth-order valence-corrected chi connectivity index (χ4v) is 3.29. The topological polar surface area (TPSA) is 92.6 Å². The van der Waals surface area contributed by atoms with E-state index in [1.54, 1.807) is 17.9 Å². The van der Waals surface area contributed by atoms with Crippen molar-refractivity contribution < 1.29 is 14.5 Å². The summed E-state index contributed by atoms with van der Waals surface area (Å²) in [6.45, 7) is 4.43. The second-order valence-electron chi connectivity index (χ2n) is 6.83. The Morgan fingerprint density at radius 2 is 1.93 bits per heavy atom. The number of rotatable bonds is 5. The molecule has 0 aromatic heterocycles. The SMILES string of the molecule is Cc1ccc(N2CC(CNC(=O)c3cccc([N+](=O)[O-])c3C)CC2=O)cc1. The molecule has 1 saturated heterocycles. The summed E-state index contributed by atoms with van der Waals surface area (Å²) >= 11 is 0. The number of nitrogens with zero attached hydrogens (tertiary/aromatic N) is 2. The predicted octanol–water partition coefficient (Wildman–Crippen LogP) is 2.99. The van der Waals surface area contributed by atoms with Crippen LogP contribution in [0.1, 0.15) is 27.9 Å². The molecule has 2 aromatic carbocycles. The van der Waals surface area contributed by atoms with Gasteiger partial charge in [0.2, 0.25) is 5.91 Å². The molecule has 7 nitrogen and oxygen atoms in total. The molecule has 7 heteroatoms. The van der Waals surface area contributed by atoms with Crippen LogP contribution in [-0.2, 0) is 4.79 Å². The van der Waals surface area contributed by atoms with Crippen molar-refractivity contribution in [1.29, 1.82) is 0 Å². The molecule has 1 fully saturated rings. The van der Waals surface area contributed by atoms with E-state index >= 15 is 0 Å². The Kier molecular flexibility index (Phi) is 5.21. The number of carbonyl (C=O) groups excluding carboxylic acids is 2. The smallest absolute Gasteiger partial charge is 0.273 e. The Labute approximate surface area is 157 Å². The Balaban J connectivity index is 1.63. The minimum atomic E-state index is -0.499. The van der Waals surface area contributed by atoms with Crippen molar-refractivity contribution in [3.8, 4) is 0 Å². The normalized spacial score (nSPS) is 16.4. The molecular weight excluding hydrogens is 346 g/mol. The molecule has 1 atom stereocenters. The average molecular weight is 367 g/mol. The van der Waals surface area contributed by atoms with Crippen molar-refractivity contribution in [1.82, 2.24) is 5.32 Å². The van der Waals surface area contributed by atoms with Crippen LogP contribution in [0, 0.1) is 29.9 Å². The van der Waals surface area contributed by atoms with Crippen LogP contribution in [0.2, 0.25) is 0 Å². The van der Waals surface area contributed by atoms with Gasteiger partial charge in [-0.3, -0.25) is 19.7 Å². The van der Waals surface area contributed by atoms with E-state index in [9.17, 15) is 19.7 Å². The Hall–Kier alpha value is -3.22. The lowest BCUT2D eigenvalue weighted by atomic mass is 10.1. The number of nitro groups is 1. The van der Waals surface area contributed by atoms with E-state index in [1.807, 2.05) is 31.2 Å². The quantitative estimate of drug-likeness (QED) is 0.649. The zero-order valence-electron chi connectivity index (χ0n) is 15.3. The van der Waals surface area contributed by atoms with Crippen LogP contribution < -0.4 is 10.2 Å². The van der Waals surface area contributed by atoms with E-state index in [4.69, 9.17) is 0 Å². The van der Waals surface area contributed by atoms with E-state index in [2.05, 4.69) is 5.32 Å². The number of hydrogen-bond donors (Lipinski definition) is 1. The number of aryl methyl sites for hydroxylation is 1. The first-order valence-electron chi connectivity index (χ1n) is 8.76. The highest BCUT2D eigenvalue weighted by molar-refractivity contribution is 5.97. The van der Waals surface area contributed by atoms with Gasteiger partial charge in [0.15, 0.2) is 0 Å². The summed E-state index contributed by atoms with van der Waals surface area (Å²) in [6, 6.07) is 12.2. The van der Waals surface area contributed by atoms with Crippen LogP contribution in [0.3, 0.4) is 0 Å². The van der Waals surface area contributed by atoms with Gasteiger partial charge in [-0.15, -0.1) is 0 Å². The summed E-state index contributed by atoms with van der Waals surface area (Å²) in [5, 5.41) is 13.8. The standard InChI is InChI=1S/C20H21N3O4/c1-13-6-8-16(9-7-13)22-12-15(10-19(22)24)11-21-20(25)17-4-3-5-18(14(17)2)23(26)27/h3-9,15H,10-12H2,1-2H3,(H,21,25). The second kappa shape index (κ2) is 7.57. The average Bonchev–Trinajstić information content (AvgIpc) is 3.01. The van der Waals surface area contributed by atoms with Gasteiger partial charge in [0.05, 0.1) is 4.92 Å². The summed E-state index contributed by atoms with van der Waals surface area (Å²) in [7, 11) is 0. The first-order chi connectivity index (χ1) is 12.9. The molecule has 1 N–H and O–H groups in total. The van der Waals surface area contributed by atoms with Crippen LogP contribution in [0.15, 0.2) is 42.5 Å². The number of carbonyl (C=O) groups is 2. The number of benzene rings is 2. The van der Waals surface area contributed by atoms with Crippen molar-refractivity contribution >= 4 is 23.2 Å². The number of nitrogens with one attached hydrogen (secondary N) is 1. The number of anilines is 1. The van der Waals surface area contributed by atoms with Gasteiger partial charge in [-0.2, -0.15) is 0 Å². The molecule has 0 saturated carbocycles. The lowest BCUT2D eigenvalue weighted by molar-refractivity contribution is -0.385. The van der Waals surface area contributed by atoms with Crippen molar-refractivity contribution in [2.45, 2.75) is 20.3 Å². The third-order valence-corrected chi connectivity index (χ3v) is 4.85. The maximum Gasteiger partial charge on any atom is 0.273 e. The number of hydrogen-bond acceptors (Lipinski definition) is 4. The maximum absolute atomic E-state index is 12.4. The van der Waals surface area contributed by atoms with Crippen LogP contribution >= 0.6 is 0 Å². The molecule has 3 rings (SSSR count). The van der Waals surface area contributed by atoms with Gasteiger partial charge >= 0.3 is 0 Å². The highest BCUT2D eigenvalue weighted by Crippen LogP contribution is 2.25. The van der Waals surface area contributed by atoms with E-state index in [1.165, 1.54) is 12.1 Å². The molecular formula is C20H21N3O4. The van der Waals surface area contributed by atoms with Crippen molar-refractivity contribution in [3.05, 3.63) is 69.3 Å². The van der Waals surface area contributed by atoms with Gasteiger partial charge in [0, 0.05) is 48.3 Å². The summed E-state index contributed by atoms with van der Waals surface area (Å²) in [6.07, 6.45) is 0.363. The number of nitro benzene ring substituents is 1. The molecule has 1 unspecified atom stereocenters. The highest BCUT2D eigenvalue weighted by Gasteiger charge is 2.31. The minimum Gasteiger partial charge on any atom is -0.352 e. The zero-order valence-corrected chi connectivity index (χ0v) is 15.3. The van der Waals surface area contributed by atoms with E-state index in [-0.39, 0.29) is 29.0 Å². The predicted molar refractivity (Wildman–Crippen MR) is 102 cm³/mol. The lowest BCUT2D eigenvalue weighted by Crippen LogP contribution is -2.31. The lowest BCUT2D eigenvalue weighted by Gasteiger charge is -2.17. The van der Waals surface area contributed by atoms with Gasteiger partial charge in [0.1, 0.15) is 0 Å². The van der Waals surface area contributed by atoms with Crippen LogP contribution in [0.25, 0.3) is 0 Å². The number of amides is 2. The van der Waals surface area contributed by atoms with E-state index < -0.39 is 4.92 Å². The fraction of sp³-hybridized carbons (Fsp3) is 0.300. The molecule has 2 aromatic rings. The van der Waals surface area contributed by atoms with Crippen LogP contribution in [-0.4, -0.2) is 29.8 Å². The molecule has 1 aliphatic heterocycles. The summed E-state index contributed by atoms with van der Waals surface area (Å²) in [4.78, 5) is 37.0. The molecule has 1 heterocycles. The molecule has 27 heavy (non-hydrogen) atoms. The minimum absolute atomic E-state index is 0.00163. The van der Waals surface area contributed by atoms with Crippen molar-refractivity contribution in [2.75, 3.05) is 18.0 Å². The summed E-state index contributed by atoms with van der Waals surface area (Å²) in [5.74, 6) is -0.330. The summed E-state index contributed by atoms with van der Waals surface area (Å²) in [5.41, 5.74) is 2.52. The molecule has 0 spiro atoms. The molecule has 0 bridgehead atoms. The van der Waals surface area contributed by atoms with Gasteiger partial charge < -0.3 is 10.2 Å². The highest BCUT2D eigenvalue weighted by atomic mass is 16.6. The molecule has 140 valence electrons. The molecule has 2 amide bonds. The van der Waals surface area contributed by atoms with Gasteiger partial charge in [0.25, 0.3) is 11.6 Å². The molecule has 0 radical (unpaired) electrons. The Morgan fingerprint density at radius 3 is 2.59 bits per heavy atom. The first kappa shape index (κ1) is 18.6. The largest absolute Gasteiger partial charge is 0.352 e. The maximum atomic E-state index is 12.4. The van der Waals surface area contributed by atoms with Crippen molar-refractivity contribution in [2.24, 2.45) is 5.92 Å². The Bertz CT molecular complexity index is 893. The third-order valence-electron chi connectivity index (χ3n) is 4.85. The molecule has 0 aliphatic carbocycles. The van der Waals surface area contributed by atoms with Gasteiger partial charge in [-0.25, -0.2) is 0 Å². The monoisotopic (exact) mass is 367 g/mol. The fourth-order valence-electron chi connectivity index (χ4n) is 3.29. The van der Waals surface area contributed by atoms with E-state index in [0.717, 1.165) is 11.3 Å². The van der Waals surface area contributed by atoms with Crippen LogP contribution in [0.5, 0.6) is 0 Å². The summed E-state index contributed by atoms with van der Waals surface area (Å²) < 4.78 is 0. The molecule has 1 aliphatic rings. The first-order valence-corrected chi connectivity index (χ1v) is 8.76. The van der Waals surface area contributed by atoms with Crippen molar-refractivity contribution in [3.63, 3.8) is 0 Å². The van der Waals surface area contributed by atoms with Gasteiger partial charge in [-0.1, -0.05) is 23.8 Å². The van der Waals surface area contributed by atoms with E-state index in [0.29, 0.717) is 25.1 Å². The Morgan fingerprint density at radius 1 is 1.22 bits per heavy atom. The van der Waals surface area contributed by atoms with Gasteiger partial charge in [-0.05, 0) is 32.0 Å². The second-order valence-corrected chi connectivity index (χ2v) is 6.83. The van der Waals surface area contributed by atoms with Crippen LogP contribution in [0.4, 0.5) is 11.4 Å². The zero-order chi connectivity index (χ0) is 19.6.